The molecule has 3 aromatic rings. The maximum absolute atomic E-state index is 13.7. The molecule has 2 N–H and O–H groups in total. The van der Waals surface area contributed by atoms with Crippen LogP contribution in [0.2, 0.25) is 0 Å². The van der Waals surface area contributed by atoms with Gasteiger partial charge in [-0.05, 0) is 30.2 Å². The summed E-state index contributed by atoms with van der Waals surface area (Å²) in [5.41, 5.74) is 1.91. The van der Waals surface area contributed by atoms with E-state index in [2.05, 4.69) is 20.6 Å². The Hall–Kier alpha value is -3.35. The molecule has 0 spiro atoms. The average Bonchev–Trinajstić information content (AvgIpc) is 2.64. The number of para-hydroxylation sites is 1. The van der Waals surface area contributed by atoms with Crippen molar-refractivity contribution < 1.29 is 13.6 Å². The first-order chi connectivity index (χ1) is 12.6. The number of carbonyl (C=O) groups excluding carboxylic acids is 1. The Bertz CT molecular complexity index is 946. The minimum Gasteiger partial charge on any atom is -0.340 e. The second-order valence-corrected chi connectivity index (χ2v) is 5.50. The van der Waals surface area contributed by atoms with Crippen molar-refractivity contribution in [1.29, 1.82) is 0 Å². The highest BCUT2D eigenvalue weighted by Crippen LogP contribution is 2.21. The fraction of sp³-hybridized carbons (Fsp3) is 0.105. The van der Waals surface area contributed by atoms with Gasteiger partial charge in [-0.2, -0.15) is 0 Å². The van der Waals surface area contributed by atoms with Crippen LogP contribution in [0.15, 0.2) is 54.9 Å². The van der Waals surface area contributed by atoms with E-state index < -0.39 is 17.5 Å². The molecule has 26 heavy (non-hydrogen) atoms. The van der Waals surface area contributed by atoms with Gasteiger partial charge in [0.25, 0.3) is 5.91 Å². The highest BCUT2D eigenvalue weighted by molar-refractivity contribution is 6.03. The van der Waals surface area contributed by atoms with E-state index in [0.29, 0.717) is 11.9 Å². The van der Waals surface area contributed by atoms with E-state index in [1.165, 1.54) is 12.4 Å². The zero-order valence-electron chi connectivity index (χ0n) is 14.0. The molecular weight excluding hydrogens is 338 g/mol. The Balaban J connectivity index is 1.79. The van der Waals surface area contributed by atoms with Crippen LogP contribution in [0.25, 0.3) is 0 Å². The van der Waals surface area contributed by atoms with Crippen LogP contribution in [0.5, 0.6) is 0 Å². The summed E-state index contributed by atoms with van der Waals surface area (Å²) in [4.78, 5) is 20.3. The first kappa shape index (κ1) is 17.5. The zero-order chi connectivity index (χ0) is 18.5. The molecule has 0 bridgehead atoms. The van der Waals surface area contributed by atoms with Crippen molar-refractivity contribution >= 4 is 23.1 Å². The van der Waals surface area contributed by atoms with Gasteiger partial charge in [-0.1, -0.05) is 25.1 Å². The normalized spacial score (nSPS) is 10.4. The fourth-order valence-corrected chi connectivity index (χ4v) is 2.42. The largest absolute Gasteiger partial charge is 0.340 e. The van der Waals surface area contributed by atoms with Crippen LogP contribution in [-0.2, 0) is 6.42 Å². The summed E-state index contributed by atoms with van der Waals surface area (Å²) in [6.45, 7) is 2.04. The van der Waals surface area contributed by atoms with Crippen LogP contribution in [0.1, 0.15) is 23.0 Å². The Morgan fingerprint density at radius 3 is 2.62 bits per heavy atom. The van der Waals surface area contributed by atoms with Crippen LogP contribution in [0, 0.1) is 11.6 Å². The van der Waals surface area contributed by atoms with E-state index in [1.54, 1.807) is 0 Å². The number of amides is 1. The highest BCUT2D eigenvalue weighted by Gasteiger charge is 2.13. The lowest BCUT2D eigenvalue weighted by atomic mass is 10.1. The number of anilines is 3. The summed E-state index contributed by atoms with van der Waals surface area (Å²) in [6, 6.07) is 12.1. The molecular formula is C19H16F2N4O. The second kappa shape index (κ2) is 7.69. The van der Waals surface area contributed by atoms with Gasteiger partial charge in [-0.25, -0.2) is 18.7 Å². The van der Waals surface area contributed by atoms with E-state index in [1.807, 2.05) is 31.2 Å². The third-order valence-electron chi connectivity index (χ3n) is 3.74. The monoisotopic (exact) mass is 354 g/mol. The summed E-state index contributed by atoms with van der Waals surface area (Å²) in [5.74, 6) is -1.76. The maximum atomic E-state index is 13.7. The fourth-order valence-electron chi connectivity index (χ4n) is 2.42. The summed E-state index contributed by atoms with van der Waals surface area (Å²) in [5, 5.41) is 5.52. The van der Waals surface area contributed by atoms with Gasteiger partial charge in [0.15, 0.2) is 0 Å². The first-order valence-electron chi connectivity index (χ1n) is 8.00. The molecule has 1 aromatic heterocycles. The molecule has 0 aliphatic rings. The molecule has 0 aliphatic heterocycles. The molecule has 0 saturated carbocycles. The van der Waals surface area contributed by atoms with E-state index in [9.17, 15) is 13.6 Å². The van der Waals surface area contributed by atoms with Crippen LogP contribution in [-0.4, -0.2) is 15.9 Å². The lowest BCUT2D eigenvalue weighted by Crippen LogP contribution is -2.15. The van der Waals surface area contributed by atoms with Crippen LogP contribution in [0.4, 0.5) is 26.0 Å². The minimum atomic E-state index is -0.859. The van der Waals surface area contributed by atoms with E-state index in [-0.39, 0.29) is 11.4 Å². The number of hydrogen-bond acceptors (Lipinski definition) is 4. The van der Waals surface area contributed by atoms with Crippen molar-refractivity contribution in [3.8, 4) is 0 Å². The number of nitrogens with zero attached hydrogens (tertiary/aromatic N) is 2. The minimum absolute atomic E-state index is 0.0557. The Morgan fingerprint density at radius 1 is 1.04 bits per heavy atom. The summed E-state index contributed by atoms with van der Waals surface area (Å²) >= 11 is 0. The van der Waals surface area contributed by atoms with Crippen LogP contribution < -0.4 is 10.6 Å². The first-order valence-corrected chi connectivity index (χ1v) is 8.00. The van der Waals surface area contributed by atoms with Gasteiger partial charge in [0.2, 0.25) is 0 Å². The molecule has 0 fully saturated rings. The quantitative estimate of drug-likeness (QED) is 0.716. The predicted molar refractivity (Wildman–Crippen MR) is 95.4 cm³/mol. The number of halogens is 2. The van der Waals surface area contributed by atoms with Gasteiger partial charge in [0.1, 0.15) is 29.5 Å². The average molecular weight is 354 g/mol. The van der Waals surface area contributed by atoms with Gasteiger partial charge in [-0.15, -0.1) is 0 Å². The Morgan fingerprint density at radius 2 is 1.85 bits per heavy atom. The lowest BCUT2D eigenvalue weighted by molar-refractivity contribution is 0.102. The van der Waals surface area contributed by atoms with Crippen molar-refractivity contribution in [2.75, 3.05) is 10.6 Å². The molecule has 0 atom stereocenters. The summed E-state index contributed by atoms with van der Waals surface area (Å²) in [7, 11) is 0. The third-order valence-corrected chi connectivity index (χ3v) is 3.74. The van der Waals surface area contributed by atoms with E-state index in [4.69, 9.17) is 0 Å². The molecule has 1 amide bonds. The summed E-state index contributed by atoms with van der Waals surface area (Å²) < 4.78 is 26.6. The lowest BCUT2D eigenvalue weighted by Gasteiger charge is -2.11. The van der Waals surface area contributed by atoms with Crippen LogP contribution in [0.3, 0.4) is 0 Å². The smallest absolute Gasteiger partial charge is 0.274 e. The highest BCUT2D eigenvalue weighted by atomic mass is 19.1. The van der Waals surface area contributed by atoms with Gasteiger partial charge in [0, 0.05) is 17.8 Å². The number of aromatic nitrogens is 2. The standard InChI is InChI=1S/C19H16F2N4O/c1-2-12-5-3-4-6-15(12)24-18-10-17(22-11-23-18)19(26)25-16-8-7-13(20)9-14(16)21/h3-11H,2H2,1H3,(H,25,26)(H,22,23,24). The topological polar surface area (TPSA) is 66.9 Å². The second-order valence-electron chi connectivity index (χ2n) is 5.50. The Kier molecular flexibility index (Phi) is 5.17. The van der Waals surface area contributed by atoms with Crippen molar-refractivity contribution in [3.63, 3.8) is 0 Å². The predicted octanol–water partition coefficient (Wildman–Crippen LogP) is 4.31. The van der Waals surface area contributed by atoms with E-state index in [0.717, 1.165) is 29.8 Å². The van der Waals surface area contributed by atoms with Gasteiger partial charge >= 0.3 is 0 Å². The van der Waals surface area contributed by atoms with Gasteiger partial charge < -0.3 is 10.6 Å². The molecule has 5 nitrogen and oxygen atoms in total. The number of benzene rings is 2. The molecule has 0 radical (unpaired) electrons. The molecule has 7 heteroatoms. The number of nitrogens with one attached hydrogen (secondary N) is 2. The molecule has 0 unspecified atom stereocenters. The third kappa shape index (κ3) is 4.00. The van der Waals surface area contributed by atoms with Gasteiger partial charge in [0.05, 0.1) is 5.69 Å². The number of hydrogen-bond donors (Lipinski definition) is 2. The molecule has 132 valence electrons. The van der Waals surface area contributed by atoms with Crippen LogP contribution >= 0.6 is 0 Å². The zero-order valence-corrected chi connectivity index (χ0v) is 14.0. The maximum Gasteiger partial charge on any atom is 0.274 e. The van der Waals surface area contributed by atoms with Crippen molar-refractivity contribution in [2.45, 2.75) is 13.3 Å². The van der Waals surface area contributed by atoms with Gasteiger partial charge in [-0.3, -0.25) is 4.79 Å². The van der Waals surface area contributed by atoms with E-state index >= 15 is 0 Å². The molecule has 0 saturated heterocycles. The molecule has 0 aliphatic carbocycles. The molecule has 3 rings (SSSR count). The molecule has 1 heterocycles. The number of rotatable bonds is 5. The number of aryl methyl sites for hydroxylation is 1. The van der Waals surface area contributed by atoms with Crippen molar-refractivity contribution in [3.05, 3.63) is 77.8 Å². The SMILES string of the molecule is CCc1ccccc1Nc1cc(C(=O)Nc2ccc(F)cc2F)ncn1. The van der Waals surface area contributed by atoms with Crippen molar-refractivity contribution in [2.24, 2.45) is 0 Å². The molecule has 2 aromatic carbocycles. The van der Waals surface area contributed by atoms with Crippen molar-refractivity contribution in [1.82, 2.24) is 9.97 Å². The summed E-state index contributed by atoms with van der Waals surface area (Å²) in [6.07, 6.45) is 2.08. The number of carbonyl (C=O) groups is 1. The Labute approximate surface area is 149 Å².